The molecule has 0 heterocycles. The van der Waals surface area contributed by atoms with E-state index in [0.717, 1.165) is 5.75 Å². The Balaban J connectivity index is 2.79. The standard InChI is InChI=1S/C11H16N2O/c1-11(2,3)9-4-6-10(7-5-9)14-8-13-12/h4-8H,12H2,1-3H3. The highest BCUT2D eigenvalue weighted by atomic mass is 16.5. The van der Waals surface area contributed by atoms with Gasteiger partial charge in [-0.05, 0) is 23.1 Å². The van der Waals surface area contributed by atoms with Crippen molar-refractivity contribution in [1.82, 2.24) is 0 Å². The Morgan fingerprint density at radius 3 is 2.21 bits per heavy atom. The van der Waals surface area contributed by atoms with Gasteiger partial charge in [-0.2, -0.15) is 5.10 Å². The van der Waals surface area contributed by atoms with Crippen LogP contribution in [-0.4, -0.2) is 6.40 Å². The zero-order valence-electron chi connectivity index (χ0n) is 8.82. The monoisotopic (exact) mass is 192 g/mol. The molecule has 0 aliphatic carbocycles. The number of nitrogens with zero attached hydrogens (tertiary/aromatic N) is 1. The van der Waals surface area contributed by atoms with Crippen molar-refractivity contribution < 1.29 is 4.74 Å². The second kappa shape index (κ2) is 4.13. The summed E-state index contributed by atoms with van der Waals surface area (Å²) in [4.78, 5) is 0. The molecule has 76 valence electrons. The molecule has 0 saturated carbocycles. The summed E-state index contributed by atoms with van der Waals surface area (Å²) >= 11 is 0. The lowest BCUT2D eigenvalue weighted by molar-refractivity contribution is 0.564. The zero-order chi connectivity index (χ0) is 10.6. The van der Waals surface area contributed by atoms with E-state index in [2.05, 4.69) is 25.9 Å². The molecule has 1 aromatic carbocycles. The van der Waals surface area contributed by atoms with Gasteiger partial charge < -0.3 is 10.6 Å². The van der Waals surface area contributed by atoms with Crippen molar-refractivity contribution in [3.63, 3.8) is 0 Å². The lowest BCUT2D eigenvalue weighted by Gasteiger charge is -2.18. The van der Waals surface area contributed by atoms with E-state index in [1.807, 2.05) is 24.3 Å². The van der Waals surface area contributed by atoms with Crippen LogP contribution in [-0.2, 0) is 5.41 Å². The van der Waals surface area contributed by atoms with Crippen LogP contribution in [0.5, 0.6) is 5.75 Å². The van der Waals surface area contributed by atoms with E-state index >= 15 is 0 Å². The van der Waals surface area contributed by atoms with Gasteiger partial charge in [0.1, 0.15) is 5.75 Å². The molecular formula is C11H16N2O. The summed E-state index contributed by atoms with van der Waals surface area (Å²) in [6, 6.07) is 7.89. The van der Waals surface area contributed by atoms with Crippen molar-refractivity contribution in [3.05, 3.63) is 29.8 Å². The topological polar surface area (TPSA) is 47.6 Å². The third kappa shape index (κ3) is 2.76. The maximum atomic E-state index is 5.11. The van der Waals surface area contributed by atoms with Crippen molar-refractivity contribution >= 4 is 6.40 Å². The molecule has 0 unspecified atom stereocenters. The summed E-state index contributed by atoms with van der Waals surface area (Å²) in [5.74, 6) is 5.66. The fourth-order valence-corrected chi connectivity index (χ4v) is 1.12. The number of hydrogen-bond donors (Lipinski definition) is 1. The van der Waals surface area contributed by atoms with E-state index < -0.39 is 0 Å². The quantitative estimate of drug-likeness (QED) is 0.338. The lowest BCUT2D eigenvalue weighted by atomic mass is 9.87. The van der Waals surface area contributed by atoms with Crippen molar-refractivity contribution in [2.45, 2.75) is 26.2 Å². The van der Waals surface area contributed by atoms with Crippen molar-refractivity contribution in [2.24, 2.45) is 10.9 Å². The summed E-state index contributed by atoms with van der Waals surface area (Å²) < 4.78 is 5.11. The second-order valence-electron chi connectivity index (χ2n) is 4.15. The van der Waals surface area contributed by atoms with E-state index in [1.54, 1.807) is 0 Å². The minimum absolute atomic E-state index is 0.167. The average Bonchev–Trinajstić information content (AvgIpc) is 2.14. The lowest BCUT2D eigenvalue weighted by Crippen LogP contribution is -2.10. The molecular weight excluding hydrogens is 176 g/mol. The van der Waals surface area contributed by atoms with Gasteiger partial charge in [-0.1, -0.05) is 32.9 Å². The first-order chi connectivity index (χ1) is 6.54. The molecule has 0 amide bonds. The van der Waals surface area contributed by atoms with E-state index in [4.69, 9.17) is 10.6 Å². The van der Waals surface area contributed by atoms with Gasteiger partial charge in [-0.15, -0.1) is 0 Å². The number of hydrazone groups is 1. The highest BCUT2D eigenvalue weighted by Crippen LogP contribution is 2.23. The van der Waals surface area contributed by atoms with Crippen molar-refractivity contribution in [2.75, 3.05) is 0 Å². The molecule has 1 aromatic rings. The Hall–Kier alpha value is -1.51. The first-order valence-corrected chi connectivity index (χ1v) is 4.53. The third-order valence-electron chi connectivity index (χ3n) is 1.97. The normalized spacial score (nSPS) is 11.9. The zero-order valence-corrected chi connectivity index (χ0v) is 8.82. The highest BCUT2D eigenvalue weighted by molar-refractivity contribution is 5.51. The molecule has 0 aliphatic heterocycles. The molecule has 0 atom stereocenters. The molecule has 3 nitrogen and oxygen atoms in total. The number of ether oxygens (including phenoxy) is 1. The van der Waals surface area contributed by atoms with Gasteiger partial charge in [-0.3, -0.25) is 0 Å². The van der Waals surface area contributed by atoms with E-state index in [-0.39, 0.29) is 5.41 Å². The molecule has 0 aromatic heterocycles. The summed E-state index contributed by atoms with van der Waals surface area (Å²) in [5, 5.41) is 3.25. The molecule has 0 saturated heterocycles. The van der Waals surface area contributed by atoms with Gasteiger partial charge in [0.15, 0.2) is 6.40 Å². The molecule has 14 heavy (non-hydrogen) atoms. The maximum Gasteiger partial charge on any atom is 0.198 e. The Kier molecular flexibility index (Phi) is 3.12. The SMILES string of the molecule is CC(C)(C)c1ccc(OC=NN)cc1. The van der Waals surface area contributed by atoms with E-state index in [1.165, 1.54) is 12.0 Å². The number of hydrogen-bond acceptors (Lipinski definition) is 3. The van der Waals surface area contributed by atoms with Crippen LogP contribution in [0.25, 0.3) is 0 Å². The van der Waals surface area contributed by atoms with Crippen LogP contribution in [0.3, 0.4) is 0 Å². The fourth-order valence-electron chi connectivity index (χ4n) is 1.12. The predicted octanol–water partition coefficient (Wildman–Crippen LogP) is 2.26. The van der Waals surface area contributed by atoms with Crippen LogP contribution in [0.1, 0.15) is 26.3 Å². The number of rotatable bonds is 2. The minimum Gasteiger partial charge on any atom is -0.444 e. The summed E-state index contributed by atoms with van der Waals surface area (Å²) in [7, 11) is 0. The highest BCUT2D eigenvalue weighted by Gasteiger charge is 2.12. The minimum atomic E-state index is 0.167. The largest absolute Gasteiger partial charge is 0.444 e. The van der Waals surface area contributed by atoms with Crippen LogP contribution >= 0.6 is 0 Å². The molecule has 0 fully saturated rings. The molecule has 0 spiro atoms. The van der Waals surface area contributed by atoms with Crippen molar-refractivity contribution in [1.29, 1.82) is 0 Å². The Labute approximate surface area is 84.6 Å². The molecule has 2 N–H and O–H groups in total. The number of benzene rings is 1. The van der Waals surface area contributed by atoms with Gasteiger partial charge in [0.05, 0.1) is 0 Å². The van der Waals surface area contributed by atoms with Crippen LogP contribution in [0.4, 0.5) is 0 Å². The number of nitrogens with two attached hydrogens (primary N) is 1. The van der Waals surface area contributed by atoms with Gasteiger partial charge in [0, 0.05) is 0 Å². The van der Waals surface area contributed by atoms with Crippen LogP contribution in [0, 0.1) is 0 Å². The summed E-state index contributed by atoms with van der Waals surface area (Å²) in [5.41, 5.74) is 1.44. The first-order valence-electron chi connectivity index (χ1n) is 4.53. The molecule has 0 radical (unpaired) electrons. The Bertz CT molecular complexity index is 309. The molecule has 3 heteroatoms. The van der Waals surface area contributed by atoms with Crippen molar-refractivity contribution in [3.8, 4) is 5.75 Å². The smallest absolute Gasteiger partial charge is 0.198 e. The summed E-state index contributed by atoms with van der Waals surface area (Å²) in [6.45, 7) is 6.51. The van der Waals surface area contributed by atoms with Gasteiger partial charge >= 0.3 is 0 Å². The van der Waals surface area contributed by atoms with Crippen LogP contribution < -0.4 is 10.6 Å². The fraction of sp³-hybridized carbons (Fsp3) is 0.364. The van der Waals surface area contributed by atoms with Crippen LogP contribution in [0.2, 0.25) is 0 Å². The van der Waals surface area contributed by atoms with Gasteiger partial charge in [0.25, 0.3) is 0 Å². The second-order valence-corrected chi connectivity index (χ2v) is 4.15. The molecule has 0 aliphatic rings. The van der Waals surface area contributed by atoms with E-state index in [0.29, 0.717) is 0 Å². The summed E-state index contributed by atoms with van der Waals surface area (Å²) in [6.07, 6.45) is 1.21. The Morgan fingerprint density at radius 2 is 1.79 bits per heavy atom. The average molecular weight is 192 g/mol. The third-order valence-corrected chi connectivity index (χ3v) is 1.97. The van der Waals surface area contributed by atoms with E-state index in [9.17, 15) is 0 Å². The molecule has 0 bridgehead atoms. The van der Waals surface area contributed by atoms with Crippen LogP contribution in [0.15, 0.2) is 29.4 Å². The Morgan fingerprint density at radius 1 is 1.21 bits per heavy atom. The predicted molar refractivity (Wildman–Crippen MR) is 58.4 cm³/mol. The van der Waals surface area contributed by atoms with Gasteiger partial charge in [-0.25, -0.2) is 0 Å². The maximum absolute atomic E-state index is 5.11. The molecule has 1 rings (SSSR count). The first kappa shape index (κ1) is 10.6. The van der Waals surface area contributed by atoms with Gasteiger partial charge in [0.2, 0.25) is 0 Å².